The summed E-state index contributed by atoms with van der Waals surface area (Å²) in [5.74, 6) is 0. The molecule has 0 aromatic carbocycles. The summed E-state index contributed by atoms with van der Waals surface area (Å²) in [7, 11) is 0. The van der Waals surface area contributed by atoms with Gasteiger partial charge >= 0.3 is 0 Å². The molecule has 0 saturated carbocycles. The Balaban J connectivity index is 2.17. The Morgan fingerprint density at radius 3 is 2.93 bits per heavy atom. The molecule has 0 aliphatic heterocycles. The summed E-state index contributed by atoms with van der Waals surface area (Å²) in [6.45, 7) is 3.36. The summed E-state index contributed by atoms with van der Waals surface area (Å²) in [4.78, 5) is 1.29. The summed E-state index contributed by atoms with van der Waals surface area (Å²) < 4.78 is 3.07. The highest BCUT2D eigenvalue weighted by Gasteiger charge is 2.04. The van der Waals surface area contributed by atoms with E-state index in [1.165, 1.54) is 4.88 Å². The number of aryl methyl sites for hydroxylation is 1. The zero-order valence-corrected chi connectivity index (χ0v) is 10.8. The molecule has 2 N–H and O–H groups in total. The van der Waals surface area contributed by atoms with Crippen LogP contribution in [0.5, 0.6) is 0 Å². The van der Waals surface area contributed by atoms with E-state index < -0.39 is 0 Å². The van der Waals surface area contributed by atoms with Gasteiger partial charge in [0.1, 0.15) is 0 Å². The van der Waals surface area contributed by atoms with Crippen molar-refractivity contribution in [2.24, 2.45) is 5.73 Å². The molecule has 0 radical (unpaired) electrons. The topological polar surface area (TPSA) is 43.8 Å². The Morgan fingerprint density at radius 1 is 1.60 bits per heavy atom. The van der Waals surface area contributed by atoms with Crippen molar-refractivity contribution in [3.05, 3.63) is 38.3 Å². The fourth-order valence-electron chi connectivity index (χ4n) is 1.44. The monoisotopic (exact) mass is 285 g/mol. The van der Waals surface area contributed by atoms with Gasteiger partial charge in [0.15, 0.2) is 0 Å². The molecule has 0 saturated heterocycles. The van der Waals surface area contributed by atoms with Crippen LogP contribution in [0.15, 0.2) is 22.1 Å². The average Bonchev–Trinajstić information content (AvgIpc) is 2.73. The van der Waals surface area contributed by atoms with Gasteiger partial charge in [0.05, 0.1) is 12.2 Å². The first kappa shape index (κ1) is 10.9. The molecule has 0 aliphatic rings. The molecule has 2 rings (SSSR count). The molecule has 2 aromatic heterocycles. The number of nitrogens with zero attached hydrogens (tertiary/aromatic N) is 2. The summed E-state index contributed by atoms with van der Waals surface area (Å²) in [5.41, 5.74) is 7.74. The summed E-state index contributed by atoms with van der Waals surface area (Å²) in [6, 6.07) is 2.11. The third-order valence-electron chi connectivity index (χ3n) is 2.21. The maximum atomic E-state index is 5.60. The molecule has 0 bridgehead atoms. The first-order chi connectivity index (χ1) is 7.19. The molecule has 5 heteroatoms. The Hall–Kier alpha value is -0.650. The van der Waals surface area contributed by atoms with Crippen LogP contribution < -0.4 is 5.73 Å². The molecular formula is C10H12BrN3S. The Labute approximate surface area is 101 Å². The third kappa shape index (κ3) is 2.48. The van der Waals surface area contributed by atoms with Gasteiger partial charge in [-0.05, 0) is 28.9 Å². The lowest BCUT2D eigenvalue weighted by Crippen LogP contribution is -1.98. The molecule has 2 heterocycles. The van der Waals surface area contributed by atoms with Gasteiger partial charge in [-0.1, -0.05) is 0 Å². The van der Waals surface area contributed by atoms with Crippen LogP contribution >= 0.6 is 27.3 Å². The van der Waals surface area contributed by atoms with Gasteiger partial charge in [0.25, 0.3) is 0 Å². The second-order valence-electron chi connectivity index (χ2n) is 3.37. The standard InChI is InChI=1S/C10H12BrN3S/c1-7-8(3-12)4-14(13-7)5-10-2-9(11)6-15-10/h2,4,6H,3,5,12H2,1H3. The van der Waals surface area contributed by atoms with Crippen LogP contribution in [0.1, 0.15) is 16.1 Å². The highest BCUT2D eigenvalue weighted by molar-refractivity contribution is 9.10. The van der Waals surface area contributed by atoms with E-state index in [4.69, 9.17) is 5.73 Å². The molecular weight excluding hydrogens is 274 g/mol. The number of hydrogen-bond acceptors (Lipinski definition) is 3. The predicted octanol–water partition coefficient (Wildman–Crippen LogP) is 2.52. The maximum Gasteiger partial charge on any atom is 0.0752 e. The highest BCUT2D eigenvalue weighted by Crippen LogP contribution is 2.20. The first-order valence-electron chi connectivity index (χ1n) is 4.65. The van der Waals surface area contributed by atoms with Crippen molar-refractivity contribution in [1.29, 1.82) is 0 Å². The predicted molar refractivity (Wildman–Crippen MR) is 66.0 cm³/mol. The van der Waals surface area contributed by atoms with Gasteiger partial charge in [-0.15, -0.1) is 11.3 Å². The summed E-state index contributed by atoms with van der Waals surface area (Å²) in [6.07, 6.45) is 2.02. The Kier molecular flexibility index (Phi) is 3.23. The second-order valence-corrected chi connectivity index (χ2v) is 5.28. The summed E-state index contributed by atoms with van der Waals surface area (Å²) in [5, 5.41) is 6.49. The molecule has 0 amide bonds. The van der Waals surface area contributed by atoms with E-state index in [0.717, 1.165) is 22.3 Å². The van der Waals surface area contributed by atoms with Crippen molar-refractivity contribution in [3.8, 4) is 0 Å². The molecule has 3 nitrogen and oxygen atoms in total. The third-order valence-corrected chi connectivity index (χ3v) is 3.89. The Morgan fingerprint density at radius 2 is 2.40 bits per heavy atom. The molecule has 80 valence electrons. The van der Waals surface area contributed by atoms with E-state index >= 15 is 0 Å². The number of nitrogens with two attached hydrogens (primary N) is 1. The van der Waals surface area contributed by atoms with E-state index in [0.29, 0.717) is 6.54 Å². The van der Waals surface area contributed by atoms with Gasteiger partial charge in [-0.2, -0.15) is 5.10 Å². The van der Waals surface area contributed by atoms with E-state index in [2.05, 4.69) is 32.5 Å². The van der Waals surface area contributed by atoms with Gasteiger partial charge < -0.3 is 5.73 Å². The smallest absolute Gasteiger partial charge is 0.0752 e. The van der Waals surface area contributed by atoms with Crippen LogP contribution in [0.3, 0.4) is 0 Å². The lowest BCUT2D eigenvalue weighted by atomic mass is 10.3. The van der Waals surface area contributed by atoms with E-state index in [-0.39, 0.29) is 0 Å². The van der Waals surface area contributed by atoms with Crippen molar-refractivity contribution in [2.45, 2.75) is 20.0 Å². The largest absolute Gasteiger partial charge is 0.326 e. The van der Waals surface area contributed by atoms with Crippen molar-refractivity contribution in [1.82, 2.24) is 9.78 Å². The average molecular weight is 286 g/mol. The number of hydrogen-bond donors (Lipinski definition) is 1. The number of rotatable bonds is 3. The van der Waals surface area contributed by atoms with Crippen molar-refractivity contribution >= 4 is 27.3 Å². The number of halogens is 1. The van der Waals surface area contributed by atoms with Crippen LogP contribution in [0, 0.1) is 6.92 Å². The molecule has 0 aliphatic carbocycles. The zero-order valence-electron chi connectivity index (χ0n) is 8.40. The maximum absolute atomic E-state index is 5.60. The minimum atomic E-state index is 0.556. The van der Waals surface area contributed by atoms with E-state index in [9.17, 15) is 0 Å². The molecule has 0 atom stereocenters. The van der Waals surface area contributed by atoms with Gasteiger partial charge in [-0.25, -0.2) is 0 Å². The summed E-state index contributed by atoms with van der Waals surface area (Å²) >= 11 is 5.17. The molecule has 0 unspecified atom stereocenters. The molecule has 0 fully saturated rings. The van der Waals surface area contributed by atoms with Crippen molar-refractivity contribution in [3.63, 3.8) is 0 Å². The second kappa shape index (κ2) is 4.47. The lowest BCUT2D eigenvalue weighted by molar-refractivity contribution is 0.686. The van der Waals surface area contributed by atoms with Crippen LogP contribution in [0.25, 0.3) is 0 Å². The molecule has 15 heavy (non-hydrogen) atoms. The van der Waals surface area contributed by atoms with Crippen LogP contribution in [-0.2, 0) is 13.1 Å². The minimum absolute atomic E-state index is 0.556. The van der Waals surface area contributed by atoms with Crippen molar-refractivity contribution < 1.29 is 0 Å². The molecule has 0 spiro atoms. The van der Waals surface area contributed by atoms with Crippen LogP contribution in [0.2, 0.25) is 0 Å². The highest BCUT2D eigenvalue weighted by atomic mass is 79.9. The van der Waals surface area contributed by atoms with E-state index in [1.807, 2.05) is 17.8 Å². The fraction of sp³-hybridized carbons (Fsp3) is 0.300. The van der Waals surface area contributed by atoms with Crippen LogP contribution in [-0.4, -0.2) is 9.78 Å². The normalized spacial score (nSPS) is 10.9. The quantitative estimate of drug-likeness (QED) is 0.942. The van der Waals surface area contributed by atoms with Gasteiger partial charge in [-0.3, -0.25) is 4.68 Å². The lowest BCUT2D eigenvalue weighted by Gasteiger charge is -1.96. The SMILES string of the molecule is Cc1nn(Cc2cc(Br)cs2)cc1CN. The number of thiophene rings is 1. The zero-order chi connectivity index (χ0) is 10.8. The van der Waals surface area contributed by atoms with Crippen molar-refractivity contribution in [2.75, 3.05) is 0 Å². The van der Waals surface area contributed by atoms with Gasteiger partial charge in [0.2, 0.25) is 0 Å². The molecule has 2 aromatic rings. The van der Waals surface area contributed by atoms with Gasteiger partial charge in [0, 0.05) is 33.0 Å². The van der Waals surface area contributed by atoms with E-state index in [1.54, 1.807) is 11.3 Å². The fourth-order valence-corrected chi connectivity index (χ4v) is 2.88. The Bertz CT molecular complexity index is 461. The number of aromatic nitrogens is 2. The minimum Gasteiger partial charge on any atom is -0.326 e. The van der Waals surface area contributed by atoms with Crippen LogP contribution in [0.4, 0.5) is 0 Å². The first-order valence-corrected chi connectivity index (χ1v) is 6.32.